The summed E-state index contributed by atoms with van der Waals surface area (Å²) < 4.78 is 14.1. The van der Waals surface area contributed by atoms with Crippen molar-refractivity contribution in [2.24, 2.45) is 7.05 Å². The molecule has 0 N–H and O–H groups in total. The van der Waals surface area contributed by atoms with Crippen LogP contribution in [0.2, 0.25) is 0 Å². The van der Waals surface area contributed by atoms with Crippen LogP contribution in [0.5, 0.6) is 0 Å². The van der Waals surface area contributed by atoms with E-state index in [-0.39, 0.29) is 0 Å². The molecule has 1 aromatic rings. The Labute approximate surface area is 148 Å². The number of rotatable bonds is 4. The fraction of sp³-hybridized carbons (Fsp3) is 0.588. The van der Waals surface area contributed by atoms with Gasteiger partial charge in [-0.2, -0.15) is 0 Å². The molecule has 0 aliphatic carbocycles. The van der Waals surface area contributed by atoms with Crippen LogP contribution in [0, 0.1) is 0 Å². The van der Waals surface area contributed by atoms with Gasteiger partial charge in [-0.1, -0.05) is 6.66 Å². The summed E-state index contributed by atoms with van der Waals surface area (Å²) in [6.45, 7) is 10.00. The third-order valence-electron chi connectivity index (χ3n) is 4.45. The molecule has 134 valence electrons. The number of aldehydes is 1. The largest absolute Gasteiger partial charge is 0.497 e. The number of nitrogens with zero attached hydrogens (tertiary/aromatic N) is 2. The minimum absolute atomic E-state index is 0.417. The maximum absolute atomic E-state index is 11.4. The number of aryl methyl sites for hydroxylation is 1. The Bertz CT molecular complexity index is 593. The van der Waals surface area contributed by atoms with Gasteiger partial charge in [0.1, 0.15) is 0 Å². The minimum Gasteiger partial charge on any atom is -0.399 e. The maximum Gasteiger partial charge on any atom is 0.497 e. The molecule has 2 rings (SSSR count). The van der Waals surface area contributed by atoms with Crippen molar-refractivity contribution in [2.45, 2.75) is 38.9 Å². The van der Waals surface area contributed by atoms with Crippen molar-refractivity contribution in [3.05, 3.63) is 29.7 Å². The molecule has 1 atom stereocenters. The van der Waals surface area contributed by atoms with Crippen molar-refractivity contribution in [1.29, 1.82) is 0 Å². The molecule has 1 saturated heterocycles. The van der Waals surface area contributed by atoms with E-state index in [0.29, 0.717) is 5.69 Å². The summed E-state index contributed by atoms with van der Waals surface area (Å²) in [7, 11) is 7.64. The van der Waals surface area contributed by atoms with Crippen LogP contribution in [0.1, 0.15) is 43.7 Å². The topological polar surface area (TPSA) is 43.7 Å². The van der Waals surface area contributed by atoms with Gasteiger partial charge in [0.15, 0.2) is 6.29 Å². The van der Waals surface area contributed by atoms with Gasteiger partial charge in [0.2, 0.25) is 0 Å². The fourth-order valence-corrected chi connectivity index (χ4v) is 2.44. The Morgan fingerprint density at radius 2 is 1.71 bits per heavy atom. The van der Waals surface area contributed by atoms with E-state index in [9.17, 15) is 4.79 Å². The lowest BCUT2D eigenvalue weighted by atomic mass is 9.74. The Morgan fingerprint density at radius 1 is 1.21 bits per heavy atom. The fourth-order valence-electron chi connectivity index (χ4n) is 2.44. The highest BCUT2D eigenvalue weighted by Crippen LogP contribution is 2.41. The van der Waals surface area contributed by atoms with Crippen LogP contribution in [0.15, 0.2) is 18.5 Å². The molecule has 0 radical (unpaired) electrons. The zero-order valence-corrected chi connectivity index (χ0v) is 17.2. The first kappa shape index (κ1) is 20.9. The average Bonchev–Trinajstić information content (AvgIpc) is 2.95. The lowest BCUT2D eigenvalue weighted by Crippen LogP contribution is -2.41. The van der Waals surface area contributed by atoms with E-state index in [0.717, 1.165) is 17.3 Å². The maximum atomic E-state index is 11.4. The third kappa shape index (κ3) is 4.11. The molecule has 1 fully saturated rings. The monoisotopic (exact) mass is 352 g/mol. The summed E-state index contributed by atoms with van der Waals surface area (Å²) in [6.07, 6.45) is 4.68. The molecule has 7 heteroatoms. The van der Waals surface area contributed by atoms with Gasteiger partial charge in [-0.25, -0.2) is 0 Å². The van der Waals surface area contributed by atoms with E-state index in [2.05, 4.69) is 9.24 Å². The smallest absolute Gasteiger partial charge is 0.399 e. The second-order valence-corrected chi connectivity index (χ2v) is 6.98. The molecule has 1 aromatic heterocycles. The van der Waals surface area contributed by atoms with Crippen LogP contribution in [0.25, 0.3) is 5.47 Å². The molecule has 5 nitrogen and oxygen atoms in total. The first-order valence-electron chi connectivity index (χ1n) is 8.01. The first-order valence-corrected chi connectivity index (χ1v) is 9.17. The van der Waals surface area contributed by atoms with E-state index in [1.165, 1.54) is 0 Å². The normalized spacial score (nSPS) is 18.9. The Hall–Kier alpha value is -1.10. The van der Waals surface area contributed by atoms with E-state index < -0.39 is 18.3 Å². The number of hydrogen-bond donors (Lipinski definition) is 0. The highest BCUT2D eigenvalue weighted by Gasteiger charge is 2.53. The zero-order chi connectivity index (χ0) is 18.7. The van der Waals surface area contributed by atoms with Crippen LogP contribution < -0.4 is 0 Å². The lowest BCUT2D eigenvalue weighted by Gasteiger charge is -2.32. The molecular formula is C17H30BN2O3P. The summed E-state index contributed by atoms with van der Waals surface area (Å²) >= 11 is 0. The molecule has 0 spiro atoms. The van der Waals surface area contributed by atoms with Gasteiger partial charge in [0, 0.05) is 38.4 Å². The van der Waals surface area contributed by atoms with Crippen molar-refractivity contribution < 1.29 is 14.1 Å². The van der Waals surface area contributed by atoms with Crippen LogP contribution in [-0.2, 0) is 16.4 Å². The molecule has 24 heavy (non-hydrogen) atoms. The highest BCUT2D eigenvalue weighted by molar-refractivity contribution is 7.15. The molecule has 1 aliphatic rings. The van der Waals surface area contributed by atoms with Gasteiger partial charge in [-0.3, -0.25) is 4.79 Å². The van der Waals surface area contributed by atoms with E-state index in [1.54, 1.807) is 4.57 Å². The number of carbonyl (C=O) groups excluding carboxylic acids is 1. The van der Waals surface area contributed by atoms with Crippen LogP contribution in [0.3, 0.4) is 0 Å². The number of carbonyl (C=O) groups is 1. The average molecular weight is 352 g/mol. The molecule has 0 aromatic carbocycles. The summed E-state index contributed by atoms with van der Waals surface area (Å²) in [4.78, 5) is 13.4. The van der Waals surface area contributed by atoms with Gasteiger partial charge in [-0.15, -0.1) is 9.24 Å². The predicted molar refractivity (Wildman–Crippen MR) is 104 cm³/mol. The third-order valence-corrected chi connectivity index (χ3v) is 4.45. The Morgan fingerprint density at radius 3 is 2.12 bits per heavy atom. The van der Waals surface area contributed by atoms with Gasteiger partial charge in [0.25, 0.3) is 0 Å². The first-order chi connectivity index (χ1) is 11.1. The molecule has 0 bridgehead atoms. The predicted octanol–water partition coefficient (Wildman–Crippen LogP) is 2.86. The highest BCUT2D eigenvalue weighted by atomic mass is 31.0. The van der Waals surface area contributed by atoms with Crippen LogP contribution >= 0.6 is 9.24 Å². The molecule has 0 amide bonds. The Kier molecular flexibility index (Phi) is 6.86. The van der Waals surface area contributed by atoms with Crippen molar-refractivity contribution in [3.63, 3.8) is 0 Å². The molecular weight excluding hydrogens is 322 g/mol. The van der Waals surface area contributed by atoms with Crippen LogP contribution in [-0.4, -0.2) is 54.8 Å². The van der Waals surface area contributed by atoms with Crippen molar-refractivity contribution in [2.75, 3.05) is 20.8 Å². The van der Waals surface area contributed by atoms with Gasteiger partial charge >= 0.3 is 7.12 Å². The van der Waals surface area contributed by atoms with E-state index in [1.807, 2.05) is 78.9 Å². The van der Waals surface area contributed by atoms with Gasteiger partial charge in [-0.05, 0) is 40.0 Å². The van der Waals surface area contributed by atoms with Gasteiger partial charge in [0.05, 0.1) is 16.9 Å². The SMILES string of the molecule is CN(C)/C=C(/B1OC(C)(C)C(C)(C)O1)c1ccn(C)c1C=O.CP. The summed E-state index contributed by atoms with van der Waals surface area (Å²) in [6, 6.07) is 1.92. The number of aromatic nitrogens is 1. The van der Waals surface area contributed by atoms with Crippen LogP contribution in [0.4, 0.5) is 0 Å². The second kappa shape index (κ2) is 7.86. The molecule has 1 aliphatic heterocycles. The quantitative estimate of drug-likeness (QED) is 0.475. The van der Waals surface area contributed by atoms with Gasteiger partial charge < -0.3 is 18.8 Å². The van der Waals surface area contributed by atoms with Crippen molar-refractivity contribution in [1.82, 2.24) is 9.47 Å². The van der Waals surface area contributed by atoms with E-state index >= 15 is 0 Å². The Balaban J connectivity index is 0.00000139. The zero-order valence-electron chi connectivity index (χ0n) is 16.1. The lowest BCUT2D eigenvalue weighted by molar-refractivity contribution is 0.00578. The minimum atomic E-state index is -0.506. The van der Waals surface area contributed by atoms with E-state index in [4.69, 9.17) is 9.31 Å². The standard InChI is InChI=1S/C16H25BN2O3.CH5P/c1-15(2)16(3,4)22-17(21-15)13(10-18(5)6)12-8-9-19(7)14(12)11-20;1-2/h8-11H,1-7H3;2H2,1H3/b13-10+;. The number of hydrogen-bond acceptors (Lipinski definition) is 4. The summed E-state index contributed by atoms with van der Waals surface area (Å²) in [5.74, 6) is 0. The molecule has 2 heterocycles. The van der Waals surface area contributed by atoms with Crippen molar-refractivity contribution >= 4 is 28.1 Å². The summed E-state index contributed by atoms with van der Waals surface area (Å²) in [5, 5.41) is 0. The molecule has 1 unspecified atom stereocenters. The summed E-state index contributed by atoms with van der Waals surface area (Å²) in [5.41, 5.74) is 1.47. The molecule has 0 saturated carbocycles. The second-order valence-electron chi connectivity index (χ2n) is 6.98. The van der Waals surface area contributed by atoms with Crippen molar-refractivity contribution in [3.8, 4) is 0 Å².